The van der Waals surface area contributed by atoms with E-state index in [4.69, 9.17) is 16.3 Å². The SMILES string of the molecule is CCCOc1ccc(NC(=O)COCC(F)(F)F)cc1Cl. The second kappa shape index (κ2) is 8.09. The van der Waals surface area contributed by atoms with Crippen molar-refractivity contribution in [2.45, 2.75) is 19.5 Å². The first-order valence-electron chi connectivity index (χ1n) is 6.18. The second-order valence-electron chi connectivity index (χ2n) is 4.15. The van der Waals surface area contributed by atoms with Gasteiger partial charge in [0, 0.05) is 5.69 Å². The summed E-state index contributed by atoms with van der Waals surface area (Å²) in [6, 6.07) is 4.57. The molecule has 0 aliphatic rings. The highest BCUT2D eigenvalue weighted by atomic mass is 35.5. The fraction of sp³-hybridized carbons (Fsp3) is 0.462. The first-order valence-corrected chi connectivity index (χ1v) is 6.56. The van der Waals surface area contributed by atoms with E-state index < -0.39 is 25.3 Å². The van der Waals surface area contributed by atoms with Crippen molar-refractivity contribution < 1.29 is 27.4 Å². The molecule has 0 aliphatic heterocycles. The zero-order chi connectivity index (χ0) is 15.9. The quantitative estimate of drug-likeness (QED) is 0.832. The lowest BCUT2D eigenvalue weighted by Crippen LogP contribution is -2.23. The highest BCUT2D eigenvalue weighted by Crippen LogP contribution is 2.27. The largest absolute Gasteiger partial charge is 0.492 e. The fourth-order valence-electron chi connectivity index (χ4n) is 1.36. The van der Waals surface area contributed by atoms with Crippen LogP contribution in [0.1, 0.15) is 13.3 Å². The molecule has 0 saturated heterocycles. The molecule has 0 bridgehead atoms. The van der Waals surface area contributed by atoms with Crippen LogP contribution in [0.2, 0.25) is 5.02 Å². The van der Waals surface area contributed by atoms with Crippen LogP contribution in [-0.2, 0) is 9.53 Å². The number of hydrogen-bond donors (Lipinski definition) is 1. The number of nitrogens with one attached hydrogen (secondary N) is 1. The van der Waals surface area contributed by atoms with E-state index in [-0.39, 0.29) is 0 Å². The van der Waals surface area contributed by atoms with Gasteiger partial charge in [-0.15, -0.1) is 0 Å². The Bertz CT molecular complexity index is 480. The first-order chi connectivity index (χ1) is 9.81. The van der Waals surface area contributed by atoms with Crippen molar-refractivity contribution in [3.63, 3.8) is 0 Å². The third-order valence-corrected chi connectivity index (χ3v) is 2.47. The molecule has 0 atom stereocenters. The molecule has 118 valence electrons. The van der Waals surface area contributed by atoms with Crippen molar-refractivity contribution in [1.82, 2.24) is 0 Å². The summed E-state index contributed by atoms with van der Waals surface area (Å²) in [5.41, 5.74) is 0.351. The number of anilines is 1. The zero-order valence-corrected chi connectivity index (χ0v) is 12.1. The molecule has 1 amide bonds. The summed E-state index contributed by atoms with van der Waals surface area (Å²) < 4.78 is 45.1. The van der Waals surface area contributed by atoms with E-state index in [1.165, 1.54) is 6.07 Å². The number of carbonyl (C=O) groups is 1. The smallest absolute Gasteiger partial charge is 0.411 e. The summed E-state index contributed by atoms with van der Waals surface area (Å²) in [5.74, 6) is -0.220. The van der Waals surface area contributed by atoms with Gasteiger partial charge in [0.05, 0.1) is 11.6 Å². The standard InChI is InChI=1S/C13H15ClF3NO3/c1-2-5-21-11-4-3-9(6-10(11)14)18-12(19)7-20-8-13(15,16)17/h3-4,6H,2,5,7-8H2,1H3,(H,18,19). The molecule has 4 nitrogen and oxygen atoms in total. The van der Waals surface area contributed by atoms with Gasteiger partial charge in [-0.3, -0.25) is 4.79 Å². The van der Waals surface area contributed by atoms with Gasteiger partial charge >= 0.3 is 6.18 Å². The highest BCUT2D eigenvalue weighted by molar-refractivity contribution is 6.32. The lowest BCUT2D eigenvalue weighted by molar-refractivity contribution is -0.174. The van der Waals surface area contributed by atoms with Gasteiger partial charge in [-0.1, -0.05) is 18.5 Å². The number of ether oxygens (including phenoxy) is 2. The summed E-state index contributed by atoms with van der Waals surface area (Å²) in [7, 11) is 0. The maximum Gasteiger partial charge on any atom is 0.411 e. The van der Waals surface area contributed by atoms with E-state index in [1.54, 1.807) is 12.1 Å². The van der Waals surface area contributed by atoms with Crippen LogP contribution >= 0.6 is 11.6 Å². The van der Waals surface area contributed by atoms with Gasteiger partial charge in [0.15, 0.2) is 0 Å². The number of rotatable bonds is 7. The van der Waals surface area contributed by atoms with Crippen LogP contribution in [0.15, 0.2) is 18.2 Å². The third kappa shape index (κ3) is 7.19. The van der Waals surface area contributed by atoms with Crippen LogP contribution in [0.25, 0.3) is 0 Å². The Labute approximate surface area is 125 Å². The predicted octanol–water partition coefficient (Wildman–Crippen LogP) is 3.65. The van der Waals surface area contributed by atoms with Gasteiger partial charge in [0.25, 0.3) is 0 Å². The summed E-state index contributed by atoms with van der Waals surface area (Å²) in [5, 5.41) is 2.68. The minimum Gasteiger partial charge on any atom is -0.492 e. The Kier molecular flexibility index (Phi) is 6.77. The average Bonchev–Trinajstić information content (AvgIpc) is 2.36. The Morgan fingerprint density at radius 1 is 1.38 bits per heavy atom. The third-order valence-electron chi connectivity index (χ3n) is 2.18. The first kappa shape index (κ1) is 17.6. The van der Waals surface area contributed by atoms with Crippen LogP contribution in [0, 0.1) is 0 Å². The molecule has 0 radical (unpaired) electrons. The van der Waals surface area contributed by atoms with Gasteiger partial charge in [-0.2, -0.15) is 13.2 Å². The van der Waals surface area contributed by atoms with E-state index in [9.17, 15) is 18.0 Å². The van der Waals surface area contributed by atoms with E-state index in [2.05, 4.69) is 10.1 Å². The molecule has 0 aliphatic carbocycles. The molecule has 0 saturated carbocycles. The zero-order valence-electron chi connectivity index (χ0n) is 11.3. The molecular formula is C13H15ClF3NO3. The van der Waals surface area contributed by atoms with Gasteiger partial charge in [0.2, 0.25) is 5.91 Å². The predicted molar refractivity (Wildman–Crippen MR) is 72.7 cm³/mol. The van der Waals surface area contributed by atoms with Crippen molar-refractivity contribution >= 4 is 23.2 Å². The summed E-state index contributed by atoms with van der Waals surface area (Å²) >= 11 is 5.96. The van der Waals surface area contributed by atoms with Crippen molar-refractivity contribution in [2.24, 2.45) is 0 Å². The Morgan fingerprint density at radius 2 is 2.10 bits per heavy atom. The molecule has 1 N–H and O–H groups in total. The summed E-state index contributed by atoms with van der Waals surface area (Å²) in [6.07, 6.45) is -3.63. The molecule has 0 heterocycles. The van der Waals surface area contributed by atoms with Crippen LogP contribution in [0.5, 0.6) is 5.75 Å². The van der Waals surface area contributed by atoms with Crippen molar-refractivity contribution in [3.8, 4) is 5.75 Å². The summed E-state index contributed by atoms with van der Waals surface area (Å²) in [4.78, 5) is 11.4. The lowest BCUT2D eigenvalue weighted by atomic mass is 10.3. The monoisotopic (exact) mass is 325 g/mol. The van der Waals surface area contributed by atoms with E-state index in [1.807, 2.05) is 6.92 Å². The molecule has 1 aromatic carbocycles. The maximum absolute atomic E-state index is 11.8. The average molecular weight is 326 g/mol. The van der Waals surface area contributed by atoms with Crippen LogP contribution in [-0.4, -0.2) is 31.9 Å². The van der Waals surface area contributed by atoms with Crippen molar-refractivity contribution in [3.05, 3.63) is 23.2 Å². The van der Waals surface area contributed by atoms with Crippen molar-refractivity contribution in [2.75, 3.05) is 25.1 Å². The Morgan fingerprint density at radius 3 is 2.67 bits per heavy atom. The number of alkyl halides is 3. The molecule has 0 spiro atoms. The number of halogens is 4. The lowest BCUT2D eigenvalue weighted by Gasteiger charge is -2.10. The van der Waals surface area contributed by atoms with Gasteiger partial charge in [-0.05, 0) is 24.6 Å². The number of amides is 1. The van der Waals surface area contributed by atoms with E-state index >= 15 is 0 Å². The van der Waals surface area contributed by atoms with Crippen LogP contribution < -0.4 is 10.1 Å². The topological polar surface area (TPSA) is 47.6 Å². The Hall–Kier alpha value is -1.47. The van der Waals surface area contributed by atoms with E-state index in [0.717, 1.165) is 6.42 Å². The molecule has 0 unspecified atom stereocenters. The molecule has 21 heavy (non-hydrogen) atoms. The Balaban J connectivity index is 2.47. The molecule has 8 heteroatoms. The van der Waals surface area contributed by atoms with Gasteiger partial charge < -0.3 is 14.8 Å². The van der Waals surface area contributed by atoms with Crippen molar-refractivity contribution in [1.29, 1.82) is 0 Å². The number of hydrogen-bond acceptors (Lipinski definition) is 3. The molecule has 1 aromatic rings. The van der Waals surface area contributed by atoms with Crippen LogP contribution in [0.3, 0.4) is 0 Å². The molecule has 0 aromatic heterocycles. The summed E-state index contributed by atoms with van der Waals surface area (Å²) in [6.45, 7) is 0.302. The van der Waals surface area contributed by atoms with Crippen LogP contribution in [0.4, 0.5) is 18.9 Å². The minimum absolute atomic E-state index is 0.303. The van der Waals surface area contributed by atoms with Gasteiger partial charge in [-0.25, -0.2) is 0 Å². The maximum atomic E-state index is 11.8. The number of carbonyl (C=O) groups excluding carboxylic acids is 1. The van der Waals surface area contributed by atoms with E-state index in [0.29, 0.717) is 23.1 Å². The second-order valence-corrected chi connectivity index (χ2v) is 4.56. The molecule has 0 fully saturated rings. The fourth-order valence-corrected chi connectivity index (χ4v) is 1.60. The molecular weight excluding hydrogens is 311 g/mol. The van der Waals surface area contributed by atoms with Gasteiger partial charge in [0.1, 0.15) is 19.0 Å². The number of benzene rings is 1. The highest BCUT2D eigenvalue weighted by Gasteiger charge is 2.27. The molecule has 1 rings (SSSR count). The normalized spacial score (nSPS) is 11.3. The minimum atomic E-state index is -4.46.